The number of carboxylic acid groups (broad SMARTS) is 1. The predicted molar refractivity (Wildman–Crippen MR) is 50.9 cm³/mol. The highest BCUT2D eigenvalue weighted by Crippen LogP contribution is 2.06. The lowest BCUT2D eigenvalue weighted by Crippen LogP contribution is -2.06. The second kappa shape index (κ2) is 3.49. The van der Waals surface area contributed by atoms with Gasteiger partial charge < -0.3 is 5.11 Å². The van der Waals surface area contributed by atoms with Gasteiger partial charge >= 0.3 is 5.97 Å². The molecule has 0 amide bonds. The molecule has 2 aromatic rings. The van der Waals surface area contributed by atoms with Crippen LogP contribution in [0.15, 0.2) is 24.8 Å². The maximum absolute atomic E-state index is 10.8. The van der Waals surface area contributed by atoms with E-state index in [-0.39, 0.29) is 5.69 Å². The van der Waals surface area contributed by atoms with Crippen molar-refractivity contribution in [2.24, 2.45) is 0 Å². The molecule has 2 rings (SSSR count). The SMILES string of the molecule is Cc1nc(C(=O)O)cc(-n2ccnc2)n1. The Morgan fingerprint density at radius 2 is 2.27 bits per heavy atom. The van der Waals surface area contributed by atoms with Gasteiger partial charge in [-0.2, -0.15) is 0 Å². The van der Waals surface area contributed by atoms with E-state index in [0.717, 1.165) is 0 Å². The van der Waals surface area contributed by atoms with Crippen LogP contribution in [0.1, 0.15) is 16.3 Å². The summed E-state index contributed by atoms with van der Waals surface area (Å²) < 4.78 is 1.63. The molecule has 0 saturated heterocycles. The molecular weight excluding hydrogens is 196 g/mol. The summed E-state index contributed by atoms with van der Waals surface area (Å²) in [6, 6.07) is 1.40. The van der Waals surface area contributed by atoms with Crippen LogP contribution in [0.5, 0.6) is 0 Å². The first-order valence-corrected chi connectivity index (χ1v) is 4.24. The van der Waals surface area contributed by atoms with Crippen LogP contribution in [0, 0.1) is 6.92 Å². The number of carboxylic acids is 1. The van der Waals surface area contributed by atoms with Gasteiger partial charge in [0.25, 0.3) is 0 Å². The molecule has 0 saturated carbocycles. The summed E-state index contributed by atoms with van der Waals surface area (Å²) in [5, 5.41) is 8.82. The van der Waals surface area contributed by atoms with Crippen LogP contribution in [0.4, 0.5) is 0 Å². The largest absolute Gasteiger partial charge is 0.477 e. The van der Waals surface area contributed by atoms with Gasteiger partial charge in [0.15, 0.2) is 5.69 Å². The number of aryl methyl sites for hydroxylation is 1. The summed E-state index contributed by atoms with van der Waals surface area (Å²) in [5.74, 6) is -0.155. The van der Waals surface area contributed by atoms with Crippen LogP contribution >= 0.6 is 0 Å². The summed E-state index contributed by atoms with van der Waals surface area (Å²) in [6.07, 6.45) is 4.83. The summed E-state index contributed by atoms with van der Waals surface area (Å²) >= 11 is 0. The smallest absolute Gasteiger partial charge is 0.354 e. The summed E-state index contributed by atoms with van der Waals surface area (Å²) in [6.45, 7) is 1.65. The Labute approximate surface area is 85.3 Å². The van der Waals surface area contributed by atoms with Gasteiger partial charge in [-0.1, -0.05) is 0 Å². The Kier molecular flexibility index (Phi) is 2.17. The van der Waals surface area contributed by atoms with E-state index >= 15 is 0 Å². The molecule has 0 radical (unpaired) electrons. The number of hydrogen-bond acceptors (Lipinski definition) is 4. The monoisotopic (exact) mass is 204 g/mol. The normalized spacial score (nSPS) is 10.2. The summed E-state index contributed by atoms with van der Waals surface area (Å²) in [7, 11) is 0. The summed E-state index contributed by atoms with van der Waals surface area (Å²) in [4.78, 5) is 22.5. The minimum absolute atomic E-state index is 0.0220. The quantitative estimate of drug-likeness (QED) is 0.777. The van der Waals surface area contributed by atoms with Gasteiger partial charge in [0.1, 0.15) is 18.0 Å². The second-order valence-electron chi connectivity index (χ2n) is 2.93. The average Bonchev–Trinajstić information content (AvgIpc) is 2.69. The first-order valence-electron chi connectivity index (χ1n) is 4.24. The molecule has 0 aromatic carbocycles. The third-order valence-corrected chi connectivity index (χ3v) is 1.81. The highest BCUT2D eigenvalue weighted by Gasteiger charge is 2.08. The van der Waals surface area contributed by atoms with Crippen molar-refractivity contribution in [3.63, 3.8) is 0 Å². The standard InChI is InChI=1S/C9H8N4O2/c1-6-11-7(9(14)15)4-8(12-6)13-3-2-10-5-13/h2-5H,1H3,(H,14,15). The van der Waals surface area contributed by atoms with Crippen molar-refractivity contribution in [1.82, 2.24) is 19.5 Å². The highest BCUT2D eigenvalue weighted by molar-refractivity contribution is 5.85. The molecule has 15 heavy (non-hydrogen) atoms. The molecular formula is C9H8N4O2. The van der Waals surface area contributed by atoms with Gasteiger partial charge in [-0.25, -0.2) is 19.7 Å². The molecule has 6 heteroatoms. The van der Waals surface area contributed by atoms with Crippen molar-refractivity contribution in [3.05, 3.63) is 36.3 Å². The van der Waals surface area contributed by atoms with Gasteiger partial charge in [-0.3, -0.25) is 4.57 Å². The van der Waals surface area contributed by atoms with Crippen molar-refractivity contribution in [2.45, 2.75) is 6.92 Å². The van der Waals surface area contributed by atoms with Gasteiger partial charge in [0.2, 0.25) is 0 Å². The Balaban J connectivity index is 2.54. The highest BCUT2D eigenvalue weighted by atomic mass is 16.4. The molecule has 0 unspecified atom stereocenters. The Morgan fingerprint density at radius 1 is 1.47 bits per heavy atom. The van der Waals surface area contributed by atoms with E-state index in [1.807, 2.05) is 0 Å². The molecule has 0 aliphatic carbocycles. The van der Waals surface area contributed by atoms with Crippen molar-refractivity contribution in [3.8, 4) is 5.82 Å². The van der Waals surface area contributed by atoms with Crippen molar-refractivity contribution >= 4 is 5.97 Å². The van der Waals surface area contributed by atoms with Crippen LogP contribution in [0.25, 0.3) is 5.82 Å². The van der Waals surface area contributed by atoms with Crippen molar-refractivity contribution in [2.75, 3.05) is 0 Å². The lowest BCUT2D eigenvalue weighted by atomic mass is 10.4. The Morgan fingerprint density at radius 3 is 2.87 bits per heavy atom. The molecule has 0 bridgehead atoms. The molecule has 0 atom stereocenters. The van der Waals surface area contributed by atoms with E-state index in [1.165, 1.54) is 6.07 Å². The molecule has 76 valence electrons. The average molecular weight is 204 g/mol. The molecule has 0 aliphatic rings. The lowest BCUT2D eigenvalue weighted by molar-refractivity contribution is 0.0690. The molecule has 1 N–H and O–H groups in total. The Bertz CT molecular complexity index is 493. The number of nitrogens with zero attached hydrogens (tertiary/aromatic N) is 4. The topological polar surface area (TPSA) is 80.9 Å². The second-order valence-corrected chi connectivity index (χ2v) is 2.93. The molecule has 0 spiro atoms. The molecule has 6 nitrogen and oxygen atoms in total. The van der Waals surface area contributed by atoms with Crippen LogP contribution < -0.4 is 0 Å². The van der Waals surface area contributed by atoms with E-state index in [4.69, 9.17) is 5.11 Å². The number of hydrogen-bond donors (Lipinski definition) is 1. The number of imidazole rings is 1. The fourth-order valence-electron chi connectivity index (χ4n) is 1.19. The van der Waals surface area contributed by atoms with E-state index in [0.29, 0.717) is 11.6 Å². The van der Waals surface area contributed by atoms with E-state index in [1.54, 1.807) is 30.2 Å². The zero-order chi connectivity index (χ0) is 10.8. The number of rotatable bonds is 2. The summed E-state index contributed by atoms with van der Waals surface area (Å²) in [5.41, 5.74) is -0.0220. The zero-order valence-corrected chi connectivity index (χ0v) is 7.95. The molecule has 0 fully saturated rings. The van der Waals surface area contributed by atoms with Crippen molar-refractivity contribution in [1.29, 1.82) is 0 Å². The van der Waals surface area contributed by atoms with Gasteiger partial charge in [-0.15, -0.1) is 0 Å². The number of carbonyl (C=O) groups is 1. The van der Waals surface area contributed by atoms with Gasteiger partial charge in [-0.05, 0) is 6.92 Å². The van der Waals surface area contributed by atoms with Crippen LogP contribution in [-0.4, -0.2) is 30.6 Å². The first-order chi connectivity index (χ1) is 7.16. The van der Waals surface area contributed by atoms with Crippen LogP contribution in [0.3, 0.4) is 0 Å². The van der Waals surface area contributed by atoms with Crippen LogP contribution in [0.2, 0.25) is 0 Å². The zero-order valence-electron chi connectivity index (χ0n) is 7.95. The minimum Gasteiger partial charge on any atom is -0.477 e. The fraction of sp³-hybridized carbons (Fsp3) is 0.111. The lowest BCUT2D eigenvalue weighted by Gasteiger charge is -2.03. The number of aromatic nitrogens is 4. The number of aromatic carboxylic acids is 1. The maximum atomic E-state index is 10.8. The molecule has 2 aromatic heterocycles. The van der Waals surface area contributed by atoms with Crippen molar-refractivity contribution < 1.29 is 9.90 Å². The van der Waals surface area contributed by atoms with Gasteiger partial charge in [0.05, 0.1) is 0 Å². The Hall–Kier alpha value is -2.24. The predicted octanol–water partition coefficient (Wildman–Crippen LogP) is 0.669. The third-order valence-electron chi connectivity index (χ3n) is 1.81. The first kappa shape index (κ1) is 9.32. The molecule has 2 heterocycles. The van der Waals surface area contributed by atoms with E-state index < -0.39 is 5.97 Å². The third kappa shape index (κ3) is 1.83. The fourth-order valence-corrected chi connectivity index (χ4v) is 1.19. The maximum Gasteiger partial charge on any atom is 0.354 e. The van der Waals surface area contributed by atoms with Gasteiger partial charge in [0, 0.05) is 18.5 Å². The van der Waals surface area contributed by atoms with E-state index in [9.17, 15) is 4.79 Å². The minimum atomic E-state index is -1.07. The van der Waals surface area contributed by atoms with E-state index in [2.05, 4.69) is 15.0 Å². The molecule has 0 aliphatic heterocycles. The van der Waals surface area contributed by atoms with Crippen LogP contribution in [-0.2, 0) is 0 Å².